The van der Waals surface area contributed by atoms with Gasteiger partial charge in [-0.15, -0.1) is 6.58 Å². The van der Waals surface area contributed by atoms with Crippen molar-refractivity contribution in [3.63, 3.8) is 0 Å². The van der Waals surface area contributed by atoms with E-state index in [2.05, 4.69) is 62.5 Å². The zero-order valence-electron chi connectivity index (χ0n) is 39.7. The van der Waals surface area contributed by atoms with Gasteiger partial charge in [0.2, 0.25) is 11.7 Å². The molecular weight excluding hydrogens is 735 g/mol. The number of nitrogens with one attached hydrogen (secondary N) is 4. The highest BCUT2D eigenvalue weighted by atomic mass is 16.5. The average Bonchev–Trinajstić information content (AvgIpc) is 4.03. The molecule has 12 heteroatoms. The van der Waals surface area contributed by atoms with Crippen LogP contribution in [0.2, 0.25) is 0 Å². The van der Waals surface area contributed by atoms with Gasteiger partial charge in [0.15, 0.2) is 5.78 Å². The predicted molar refractivity (Wildman–Crippen MR) is 239 cm³/mol. The van der Waals surface area contributed by atoms with Gasteiger partial charge in [-0.05, 0) is 88.1 Å². The number of urea groups is 1. The Balaban J connectivity index is -0.000000938. The van der Waals surface area contributed by atoms with E-state index in [-0.39, 0.29) is 41.8 Å². The Bertz CT molecular complexity index is 1150. The van der Waals surface area contributed by atoms with Crippen molar-refractivity contribution in [2.45, 2.75) is 174 Å². The van der Waals surface area contributed by atoms with Gasteiger partial charge in [-0.3, -0.25) is 24.0 Å². The van der Waals surface area contributed by atoms with Crippen molar-refractivity contribution < 1.29 is 33.5 Å². The lowest BCUT2D eigenvalue weighted by molar-refractivity contribution is -0.145. The SMILES string of the molecule is C1CCNCC1.C=CCNC(=O)C(=O)C(C)CCC.CC.CCC(C)C.CC[C@H](C(C)C)C(C(C)=O)N(CC)C(=O)C(NC(=O)NCC(=O)OCC1CC1)C(C)(C)C. The van der Waals surface area contributed by atoms with Crippen LogP contribution in [-0.4, -0.2) is 91.7 Å². The monoisotopic (exact) mass is 824 g/mol. The summed E-state index contributed by atoms with van der Waals surface area (Å²) in [5, 5.41) is 11.0. The molecule has 1 aliphatic carbocycles. The number of amides is 4. The van der Waals surface area contributed by atoms with Crippen LogP contribution in [0.1, 0.15) is 162 Å². The number of carbonyl (C=O) groups excluding carboxylic acids is 6. The maximum Gasteiger partial charge on any atom is 0.325 e. The smallest absolute Gasteiger partial charge is 0.325 e. The fourth-order valence-corrected chi connectivity index (χ4v) is 5.84. The molecule has 0 spiro atoms. The highest BCUT2D eigenvalue weighted by molar-refractivity contribution is 6.36. The van der Waals surface area contributed by atoms with Gasteiger partial charge in [-0.2, -0.15) is 0 Å². The van der Waals surface area contributed by atoms with E-state index in [9.17, 15) is 28.8 Å². The number of hydrogen-bond acceptors (Lipinski definition) is 8. The molecule has 2 fully saturated rings. The first-order chi connectivity index (χ1) is 27.2. The van der Waals surface area contributed by atoms with Crippen molar-refractivity contribution in [3.05, 3.63) is 12.7 Å². The third-order valence-electron chi connectivity index (χ3n) is 9.89. The number of ether oxygens (including phenoxy) is 1. The molecule has 2 rings (SSSR count). The first-order valence-corrected chi connectivity index (χ1v) is 22.4. The highest BCUT2D eigenvalue weighted by Crippen LogP contribution is 2.29. The second-order valence-corrected chi connectivity index (χ2v) is 16.9. The Labute approximate surface area is 355 Å². The minimum Gasteiger partial charge on any atom is -0.464 e. The van der Waals surface area contributed by atoms with Crippen molar-refractivity contribution in [1.29, 1.82) is 0 Å². The van der Waals surface area contributed by atoms with Gasteiger partial charge in [-0.25, -0.2) is 4.79 Å². The van der Waals surface area contributed by atoms with Crippen molar-refractivity contribution in [1.82, 2.24) is 26.2 Å². The van der Waals surface area contributed by atoms with E-state index in [0.29, 0.717) is 25.6 Å². The van der Waals surface area contributed by atoms with Crippen molar-refractivity contribution in [2.75, 3.05) is 39.3 Å². The number of carbonyl (C=O) groups is 6. The number of Topliss-reactive ketones (excluding diaryl/α,β-unsaturated/α-hetero) is 2. The first kappa shape index (κ1) is 59.0. The second-order valence-electron chi connectivity index (χ2n) is 16.9. The molecule has 0 aromatic carbocycles. The van der Waals surface area contributed by atoms with E-state index in [1.165, 1.54) is 45.7 Å². The number of esters is 1. The number of rotatable bonds is 19. The fourth-order valence-electron chi connectivity index (χ4n) is 5.84. The summed E-state index contributed by atoms with van der Waals surface area (Å²) >= 11 is 0. The summed E-state index contributed by atoms with van der Waals surface area (Å²) in [6.45, 7) is 36.3. The number of likely N-dealkylation sites (N-methyl/N-ethyl adjacent to an activating group) is 1. The van der Waals surface area contributed by atoms with E-state index in [1.807, 2.05) is 55.4 Å². The lowest BCUT2D eigenvalue weighted by Crippen LogP contribution is -2.61. The Kier molecular flexibility index (Phi) is 35.2. The number of ketones is 2. The van der Waals surface area contributed by atoms with Gasteiger partial charge in [0, 0.05) is 19.0 Å². The van der Waals surface area contributed by atoms with E-state index in [4.69, 9.17) is 4.74 Å². The Hall–Kier alpha value is -3.28. The lowest BCUT2D eigenvalue weighted by Gasteiger charge is -2.41. The van der Waals surface area contributed by atoms with Crippen molar-refractivity contribution >= 4 is 35.4 Å². The average molecular weight is 824 g/mol. The van der Waals surface area contributed by atoms with Gasteiger partial charge in [0.05, 0.1) is 12.6 Å². The molecule has 4 atom stereocenters. The summed E-state index contributed by atoms with van der Waals surface area (Å²) < 4.78 is 5.12. The van der Waals surface area contributed by atoms with Crippen LogP contribution in [0.25, 0.3) is 0 Å². The van der Waals surface area contributed by atoms with Crippen LogP contribution in [0.4, 0.5) is 4.79 Å². The molecule has 58 heavy (non-hydrogen) atoms. The fraction of sp³-hybridized carbons (Fsp3) is 0.826. The molecule has 2 aliphatic rings. The van der Waals surface area contributed by atoms with Crippen LogP contribution in [0.15, 0.2) is 12.7 Å². The zero-order chi connectivity index (χ0) is 45.4. The van der Waals surface area contributed by atoms with E-state index >= 15 is 0 Å². The summed E-state index contributed by atoms with van der Waals surface area (Å²) in [6, 6.07) is -2.03. The van der Waals surface area contributed by atoms with Gasteiger partial charge in [0.25, 0.3) is 5.91 Å². The molecule has 0 radical (unpaired) electrons. The Morgan fingerprint density at radius 1 is 0.879 bits per heavy atom. The molecule has 340 valence electrons. The van der Waals surface area contributed by atoms with Crippen molar-refractivity contribution in [3.8, 4) is 0 Å². The number of nitrogens with zero attached hydrogens (tertiary/aromatic N) is 1. The third kappa shape index (κ3) is 28.2. The third-order valence-corrected chi connectivity index (χ3v) is 9.89. The van der Waals surface area contributed by atoms with Crippen LogP contribution in [0.3, 0.4) is 0 Å². The summed E-state index contributed by atoms with van der Waals surface area (Å²) in [6.07, 6.45) is 11.7. The van der Waals surface area contributed by atoms with Crippen LogP contribution in [0, 0.1) is 35.0 Å². The second kappa shape index (κ2) is 34.6. The minimum atomic E-state index is -0.864. The quantitative estimate of drug-likeness (QED) is 0.0575. The molecule has 4 N–H and O–H groups in total. The molecule has 1 heterocycles. The van der Waals surface area contributed by atoms with E-state index in [0.717, 1.165) is 38.0 Å². The standard InChI is InChI=1S/C24H43N3O5.C10H17NO2.C5H11N.C5H12.C2H6/c1-9-18(15(3)4)20(16(5)28)27(10-2)22(30)21(24(6,7)8)26-23(31)25-13-19(29)32-14-17-11-12-17;1-4-6-8(3)9(12)10(13)11-7-5-2;1-2-4-6-5-3-1;1-4-5(2)3;1-2/h15,17-18,20-21H,9-14H2,1-8H3,(H2,25,26,31);5,8H,2,4,6-7H2,1,3H3,(H,11,13);6H,1-5H2;5H,4H2,1-3H3;1-2H3/t18-,20?,21?;;;;/m1..../s1. The summed E-state index contributed by atoms with van der Waals surface area (Å²) in [5.41, 5.74) is -0.602. The van der Waals surface area contributed by atoms with Crippen LogP contribution in [-0.2, 0) is 28.7 Å². The summed E-state index contributed by atoms with van der Waals surface area (Å²) in [5.74, 6) is -0.284. The van der Waals surface area contributed by atoms with Gasteiger partial charge in [-0.1, -0.05) is 122 Å². The van der Waals surface area contributed by atoms with E-state index < -0.39 is 35.4 Å². The molecule has 0 bridgehead atoms. The molecule has 0 aromatic heterocycles. The molecule has 12 nitrogen and oxygen atoms in total. The lowest BCUT2D eigenvalue weighted by atomic mass is 9.81. The predicted octanol–water partition coefficient (Wildman–Crippen LogP) is 8.27. The van der Waals surface area contributed by atoms with Gasteiger partial charge < -0.3 is 30.9 Å². The van der Waals surface area contributed by atoms with Crippen LogP contribution >= 0.6 is 0 Å². The maximum atomic E-state index is 13.6. The largest absolute Gasteiger partial charge is 0.464 e. The van der Waals surface area contributed by atoms with Crippen molar-refractivity contribution in [2.24, 2.45) is 35.0 Å². The van der Waals surface area contributed by atoms with Crippen LogP contribution < -0.4 is 21.3 Å². The molecule has 0 aromatic rings. The molecule has 1 saturated heterocycles. The van der Waals surface area contributed by atoms with Crippen LogP contribution in [0.5, 0.6) is 0 Å². The Morgan fingerprint density at radius 2 is 1.43 bits per heavy atom. The molecule has 3 unspecified atom stereocenters. The molecule has 1 aliphatic heterocycles. The first-order valence-electron chi connectivity index (χ1n) is 22.4. The number of hydrogen-bond donors (Lipinski definition) is 4. The number of piperidine rings is 1. The highest BCUT2D eigenvalue weighted by Gasteiger charge is 2.41. The topological polar surface area (TPSA) is 163 Å². The summed E-state index contributed by atoms with van der Waals surface area (Å²) in [4.78, 5) is 74.5. The summed E-state index contributed by atoms with van der Waals surface area (Å²) in [7, 11) is 0. The van der Waals surface area contributed by atoms with Gasteiger partial charge in [0.1, 0.15) is 12.6 Å². The van der Waals surface area contributed by atoms with Gasteiger partial charge >= 0.3 is 12.0 Å². The molecule has 1 saturated carbocycles. The normalized spacial score (nSPS) is 15.3. The minimum absolute atomic E-state index is 0.0204. The maximum absolute atomic E-state index is 13.6. The zero-order valence-corrected chi connectivity index (χ0v) is 39.7. The molecular formula is C46H89N5O7. The molecule has 4 amide bonds. The Morgan fingerprint density at radius 3 is 1.78 bits per heavy atom. The van der Waals surface area contributed by atoms with E-state index in [1.54, 1.807) is 17.9 Å².